The molecule has 0 saturated carbocycles. The molecule has 0 radical (unpaired) electrons. The fourth-order valence-corrected chi connectivity index (χ4v) is 1.51. The minimum absolute atomic E-state index is 0.127. The number of hydrogen-bond acceptors (Lipinski definition) is 3. The summed E-state index contributed by atoms with van der Waals surface area (Å²) in [7, 11) is 1.60. The molecule has 0 heterocycles. The van der Waals surface area contributed by atoms with E-state index >= 15 is 0 Å². The van der Waals surface area contributed by atoms with Gasteiger partial charge in [-0.1, -0.05) is 0 Å². The number of ether oxygens (including phenoxy) is 2. The number of methoxy groups -OCH3 is 1. The van der Waals surface area contributed by atoms with Crippen LogP contribution >= 0.6 is 0 Å². The van der Waals surface area contributed by atoms with E-state index in [1.165, 1.54) is 12.1 Å². The highest BCUT2D eigenvalue weighted by atomic mass is 19.4. The summed E-state index contributed by atoms with van der Waals surface area (Å²) in [5.74, 6) is 0.533. The van der Waals surface area contributed by atoms with Crippen molar-refractivity contribution < 1.29 is 22.6 Å². The van der Waals surface area contributed by atoms with E-state index in [0.29, 0.717) is 25.5 Å². The van der Waals surface area contributed by atoms with Crippen LogP contribution < -0.4 is 10.5 Å². The summed E-state index contributed by atoms with van der Waals surface area (Å²) in [6.07, 6.45) is -3.57. The number of nitrogens with two attached hydrogens (primary N) is 1. The van der Waals surface area contributed by atoms with Gasteiger partial charge in [-0.2, -0.15) is 13.2 Å². The number of hydrogen-bond donors (Lipinski definition) is 1. The van der Waals surface area contributed by atoms with Crippen molar-refractivity contribution in [2.24, 2.45) is 11.7 Å². The maximum atomic E-state index is 12.4. The Labute approximate surface area is 110 Å². The number of benzene rings is 1. The van der Waals surface area contributed by atoms with Crippen LogP contribution in [0.3, 0.4) is 0 Å². The fraction of sp³-hybridized carbons (Fsp3) is 0.538. The maximum Gasteiger partial charge on any atom is 0.416 e. The molecule has 1 rings (SSSR count). The third-order valence-corrected chi connectivity index (χ3v) is 2.73. The van der Waals surface area contributed by atoms with Gasteiger partial charge in [-0.15, -0.1) is 0 Å². The van der Waals surface area contributed by atoms with Crippen LogP contribution in [-0.2, 0) is 10.9 Å². The van der Waals surface area contributed by atoms with E-state index in [-0.39, 0.29) is 5.92 Å². The molecule has 0 aromatic heterocycles. The van der Waals surface area contributed by atoms with Gasteiger partial charge in [0.15, 0.2) is 0 Å². The van der Waals surface area contributed by atoms with Crippen molar-refractivity contribution in [1.82, 2.24) is 0 Å². The lowest BCUT2D eigenvalue weighted by Crippen LogP contribution is -2.23. The molecule has 1 aromatic carbocycles. The summed E-state index contributed by atoms with van der Waals surface area (Å²) < 4.78 is 47.4. The van der Waals surface area contributed by atoms with Gasteiger partial charge in [0.2, 0.25) is 0 Å². The Morgan fingerprint density at radius 2 is 1.84 bits per heavy atom. The number of halogens is 3. The van der Waals surface area contributed by atoms with Crippen LogP contribution in [0.2, 0.25) is 0 Å². The first kappa shape index (κ1) is 15.8. The second-order valence-electron chi connectivity index (χ2n) is 4.22. The first-order valence-electron chi connectivity index (χ1n) is 5.96. The van der Waals surface area contributed by atoms with E-state index in [4.69, 9.17) is 15.2 Å². The summed E-state index contributed by atoms with van der Waals surface area (Å²) in [5.41, 5.74) is 4.89. The van der Waals surface area contributed by atoms with Gasteiger partial charge < -0.3 is 15.2 Å². The molecule has 0 aliphatic heterocycles. The molecule has 0 spiro atoms. The van der Waals surface area contributed by atoms with E-state index < -0.39 is 11.7 Å². The summed E-state index contributed by atoms with van der Waals surface area (Å²) in [4.78, 5) is 0. The van der Waals surface area contributed by atoms with Gasteiger partial charge in [0, 0.05) is 19.6 Å². The Bertz CT molecular complexity index is 365. The van der Waals surface area contributed by atoms with E-state index in [0.717, 1.165) is 18.6 Å². The molecule has 0 saturated heterocycles. The van der Waals surface area contributed by atoms with Crippen molar-refractivity contribution in [2.45, 2.75) is 12.6 Å². The lowest BCUT2D eigenvalue weighted by Gasteiger charge is -2.15. The molecule has 2 N–H and O–H groups in total. The summed E-state index contributed by atoms with van der Waals surface area (Å²) >= 11 is 0. The summed E-state index contributed by atoms with van der Waals surface area (Å²) in [6, 6.07) is 4.63. The van der Waals surface area contributed by atoms with Crippen LogP contribution in [0.15, 0.2) is 24.3 Å². The molecule has 1 atom stereocenters. The Morgan fingerprint density at radius 1 is 1.21 bits per heavy atom. The van der Waals surface area contributed by atoms with Crippen LogP contribution in [-0.4, -0.2) is 26.9 Å². The molecule has 108 valence electrons. The predicted molar refractivity (Wildman–Crippen MR) is 66.0 cm³/mol. The largest absolute Gasteiger partial charge is 0.493 e. The minimum atomic E-state index is -4.32. The highest BCUT2D eigenvalue weighted by Gasteiger charge is 2.30. The van der Waals surface area contributed by atoms with E-state index in [2.05, 4.69) is 0 Å². The molecule has 6 heteroatoms. The van der Waals surface area contributed by atoms with Gasteiger partial charge >= 0.3 is 6.18 Å². The first-order valence-corrected chi connectivity index (χ1v) is 5.96. The average Bonchev–Trinajstić information content (AvgIpc) is 2.38. The zero-order valence-corrected chi connectivity index (χ0v) is 10.7. The van der Waals surface area contributed by atoms with Gasteiger partial charge in [0.05, 0.1) is 12.2 Å². The number of rotatable bonds is 7. The van der Waals surface area contributed by atoms with E-state index in [9.17, 15) is 13.2 Å². The van der Waals surface area contributed by atoms with Crippen molar-refractivity contribution in [1.29, 1.82) is 0 Å². The third kappa shape index (κ3) is 5.48. The SMILES string of the molecule is COCCC(CN)COc1ccc(C(F)(F)F)cc1. The molecule has 19 heavy (non-hydrogen) atoms. The summed E-state index contributed by atoms with van der Waals surface area (Å²) in [6.45, 7) is 1.40. The summed E-state index contributed by atoms with van der Waals surface area (Å²) in [5, 5.41) is 0. The Hall–Kier alpha value is -1.27. The van der Waals surface area contributed by atoms with Crippen molar-refractivity contribution in [3.63, 3.8) is 0 Å². The first-order chi connectivity index (χ1) is 8.97. The molecule has 1 unspecified atom stereocenters. The van der Waals surface area contributed by atoms with Gasteiger partial charge in [0.25, 0.3) is 0 Å². The molecule has 1 aromatic rings. The quantitative estimate of drug-likeness (QED) is 0.833. The highest BCUT2D eigenvalue weighted by molar-refractivity contribution is 5.28. The lowest BCUT2D eigenvalue weighted by atomic mass is 10.1. The number of alkyl halides is 3. The third-order valence-electron chi connectivity index (χ3n) is 2.73. The van der Waals surface area contributed by atoms with Crippen molar-refractivity contribution in [3.05, 3.63) is 29.8 Å². The zero-order chi connectivity index (χ0) is 14.3. The highest BCUT2D eigenvalue weighted by Crippen LogP contribution is 2.30. The molecule has 0 amide bonds. The van der Waals surface area contributed by atoms with Gasteiger partial charge in [-0.3, -0.25) is 0 Å². The Balaban J connectivity index is 2.49. The van der Waals surface area contributed by atoms with E-state index in [1.54, 1.807) is 7.11 Å². The molecule has 3 nitrogen and oxygen atoms in total. The van der Waals surface area contributed by atoms with Gasteiger partial charge in [-0.25, -0.2) is 0 Å². The van der Waals surface area contributed by atoms with Crippen molar-refractivity contribution in [2.75, 3.05) is 26.9 Å². The second-order valence-corrected chi connectivity index (χ2v) is 4.22. The molecule has 0 aliphatic carbocycles. The smallest absolute Gasteiger partial charge is 0.416 e. The average molecular weight is 277 g/mol. The Morgan fingerprint density at radius 3 is 2.32 bits per heavy atom. The van der Waals surface area contributed by atoms with Gasteiger partial charge in [-0.05, 0) is 37.2 Å². The normalized spacial score (nSPS) is 13.3. The van der Waals surface area contributed by atoms with Crippen molar-refractivity contribution in [3.8, 4) is 5.75 Å². The van der Waals surface area contributed by atoms with Crippen LogP contribution in [0.25, 0.3) is 0 Å². The minimum Gasteiger partial charge on any atom is -0.493 e. The van der Waals surface area contributed by atoms with Crippen molar-refractivity contribution >= 4 is 0 Å². The van der Waals surface area contributed by atoms with Crippen LogP contribution in [0.5, 0.6) is 5.75 Å². The van der Waals surface area contributed by atoms with E-state index in [1.807, 2.05) is 0 Å². The standard InChI is InChI=1S/C13H18F3NO2/c1-18-7-6-10(8-17)9-19-12-4-2-11(3-5-12)13(14,15)16/h2-5,10H,6-9,17H2,1H3. The second kappa shape index (κ2) is 7.35. The Kier molecular flexibility index (Phi) is 6.11. The molecular weight excluding hydrogens is 259 g/mol. The molecule has 0 bridgehead atoms. The predicted octanol–water partition coefficient (Wildman–Crippen LogP) is 2.70. The van der Waals surface area contributed by atoms with Crippen LogP contribution in [0.4, 0.5) is 13.2 Å². The maximum absolute atomic E-state index is 12.4. The lowest BCUT2D eigenvalue weighted by molar-refractivity contribution is -0.137. The monoisotopic (exact) mass is 277 g/mol. The van der Waals surface area contributed by atoms with Crippen LogP contribution in [0, 0.1) is 5.92 Å². The molecule has 0 fully saturated rings. The fourth-order valence-electron chi connectivity index (χ4n) is 1.51. The van der Waals surface area contributed by atoms with Gasteiger partial charge in [0.1, 0.15) is 5.75 Å². The molecule has 0 aliphatic rings. The topological polar surface area (TPSA) is 44.5 Å². The molecular formula is C13H18F3NO2. The van der Waals surface area contributed by atoms with Crippen LogP contribution in [0.1, 0.15) is 12.0 Å². The zero-order valence-electron chi connectivity index (χ0n) is 10.7.